The number of aryl methyl sites for hydroxylation is 1. The van der Waals surface area contributed by atoms with Crippen molar-refractivity contribution in [1.29, 1.82) is 0 Å². The van der Waals surface area contributed by atoms with Gasteiger partial charge in [-0.3, -0.25) is 0 Å². The summed E-state index contributed by atoms with van der Waals surface area (Å²) in [6.07, 6.45) is 0.881. The summed E-state index contributed by atoms with van der Waals surface area (Å²) in [5.74, 6) is 0.512. The number of anilines is 3. The third-order valence-electron chi connectivity index (χ3n) is 2.38. The molecule has 0 aliphatic carbocycles. The second-order valence-electron chi connectivity index (χ2n) is 4.14. The highest BCUT2D eigenvalue weighted by atomic mass is 16.5. The van der Waals surface area contributed by atoms with Crippen LogP contribution in [0.15, 0.2) is 24.3 Å². The summed E-state index contributed by atoms with van der Waals surface area (Å²) in [6.45, 7) is 4.59. The summed E-state index contributed by atoms with van der Waals surface area (Å²) >= 11 is 0. The van der Waals surface area contributed by atoms with E-state index in [2.05, 4.69) is 20.3 Å². The Balaban J connectivity index is 2.15. The molecule has 2 aromatic rings. The zero-order chi connectivity index (χ0) is 13.7. The maximum atomic E-state index is 5.63. The smallest absolute Gasteiger partial charge is 0.323 e. The molecule has 1 aromatic heterocycles. The molecule has 1 aromatic carbocycles. The van der Waals surface area contributed by atoms with Gasteiger partial charge in [-0.1, -0.05) is 24.6 Å². The van der Waals surface area contributed by atoms with Crippen LogP contribution < -0.4 is 15.8 Å². The number of benzene rings is 1. The van der Waals surface area contributed by atoms with Crippen LogP contribution in [0, 0.1) is 6.92 Å². The molecule has 0 radical (unpaired) electrons. The van der Waals surface area contributed by atoms with E-state index in [4.69, 9.17) is 10.5 Å². The maximum absolute atomic E-state index is 5.63. The van der Waals surface area contributed by atoms with E-state index in [0.29, 0.717) is 12.6 Å². The van der Waals surface area contributed by atoms with Gasteiger partial charge in [-0.2, -0.15) is 15.0 Å². The predicted molar refractivity (Wildman–Crippen MR) is 74.5 cm³/mol. The van der Waals surface area contributed by atoms with Crippen LogP contribution in [0.25, 0.3) is 0 Å². The molecule has 0 bridgehead atoms. The molecule has 0 fully saturated rings. The van der Waals surface area contributed by atoms with Gasteiger partial charge in [-0.25, -0.2) is 0 Å². The highest BCUT2D eigenvalue weighted by Gasteiger charge is 2.05. The quantitative estimate of drug-likeness (QED) is 0.856. The molecule has 3 N–H and O–H groups in total. The first-order chi connectivity index (χ1) is 9.17. The largest absolute Gasteiger partial charge is 0.463 e. The van der Waals surface area contributed by atoms with Gasteiger partial charge in [-0.15, -0.1) is 0 Å². The average molecular weight is 259 g/mol. The zero-order valence-corrected chi connectivity index (χ0v) is 11.1. The van der Waals surface area contributed by atoms with Crippen LogP contribution in [0.5, 0.6) is 6.01 Å². The summed E-state index contributed by atoms with van der Waals surface area (Å²) in [5, 5.41) is 3.07. The van der Waals surface area contributed by atoms with Gasteiger partial charge in [0.25, 0.3) is 0 Å². The van der Waals surface area contributed by atoms with Gasteiger partial charge < -0.3 is 15.8 Å². The zero-order valence-electron chi connectivity index (χ0n) is 11.1. The molecule has 0 saturated carbocycles. The Morgan fingerprint density at radius 3 is 2.58 bits per heavy atom. The Hall–Kier alpha value is -2.37. The second-order valence-corrected chi connectivity index (χ2v) is 4.14. The fourth-order valence-corrected chi connectivity index (χ4v) is 1.45. The molecular weight excluding hydrogens is 242 g/mol. The number of nitrogens with two attached hydrogens (primary N) is 1. The van der Waals surface area contributed by atoms with Gasteiger partial charge in [0.2, 0.25) is 11.9 Å². The molecule has 0 atom stereocenters. The van der Waals surface area contributed by atoms with Gasteiger partial charge in [-0.05, 0) is 25.5 Å². The van der Waals surface area contributed by atoms with Crippen molar-refractivity contribution in [2.45, 2.75) is 20.3 Å². The third-order valence-corrected chi connectivity index (χ3v) is 2.38. The molecule has 1 heterocycles. The normalized spacial score (nSPS) is 10.2. The van der Waals surface area contributed by atoms with E-state index in [0.717, 1.165) is 12.1 Å². The fourth-order valence-electron chi connectivity index (χ4n) is 1.45. The molecule has 0 amide bonds. The van der Waals surface area contributed by atoms with Crippen molar-refractivity contribution in [3.05, 3.63) is 29.8 Å². The van der Waals surface area contributed by atoms with Crippen molar-refractivity contribution in [3.8, 4) is 6.01 Å². The number of ether oxygens (including phenoxy) is 1. The second kappa shape index (κ2) is 5.99. The lowest BCUT2D eigenvalue weighted by molar-refractivity contribution is 0.292. The van der Waals surface area contributed by atoms with Gasteiger partial charge >= 0.3 is 6.01 Å². The molecule has 100 valence electrons. The van der Waals surface area contributed by atoms with Crippen molar-refractivity contribution >= 4 is 17.6 Å². The Morgan fingerprint density at radius 2 is 1.89 bits per heavy atom. The third kappa shape index (κ3) is 3.80. The van der Waals surface area contributed by atoms with Crippen LogP contribution in [0.3, 0.4) is 0 Å². The number of nitrogen functional groups attached to an aromatic ring is 1. The van der Waals surface area contributed by atoms with Crippen LogP contribution in [0.2, 0.25) is 0 Å². The van der Waals surface area contributed by atoms with Gasteiger partial charge in [0, 0.05) is 5.69 Å². The first-order valence-electron chi connectivity index (χ1n) is 6.15. The number of rotatable bonds is 5. The number of hydrogen-bond donors (Lipinski definition) is 2. The molecule has 19 heavy (non-hydrogen) atoms. The summed E-state index contributed by atoms with van der Waals surface area (Å²) < 4.78 is 5.35. The summed E-state index contributed by atoms with van der Waals surface area (Å²) in [5.41, 5.74) is 7.70. The number of nitrogens with zero attached hydrogens (tertiary/aromatic N) is 3. The van der Waals surface area contributed by atoms with Crippen molar-refractivity contribution in [3.63, 3.8) is 0 Å². The number of nitrogens with one attached hydrogen (secondary N) is 1. The monoisotopic (exact) mass is 259 g/mol. The summed E-state index contributed by atoms with van der Waals surface area (Å²) in [4.78, 5) is 12.1. The van der Waals surface area contributed by atoms with E-state index < -0.39 is 0 Å². The Kier molecular flexibility index (Phi) is 4.12. The van der Waals surface area contributed by atoms with Crippen LogP contribution in [0.4, 0.5) is 17.6 Å². The van der Waals surface area contributed by atoms with E-state index in [-0.39, 0.29) is 12.0 Å². The van der Waals surface area contributed by atoms with E-state index in [9.17, 15) is 0 Å². The van der Waals surface area contributed by atoms with Crippen molar-refractivity contribution in [1.82, 2.24) is 15.0 Å². The van der Waals surface area contributed by atoms with E-state index in [1.165, 1.54) is 5.56 Å². The van der Waals surface area contributed by atoms with Crippen molar-refractivity contribution in [2.75, 3.05) is 17.7 Å². The molecule has 0 unspecified atom stereocenters. The summed E-state index contributed by atoms with van der Waals surface area (Å²) in [6, 6.07) is 8.14. The van der Waals surface area contributed by atoms with Gasteiger partial charge in [0.05, 0.1) is 6.61 Å². The SMILES string of the molecule is CCCOc1nc(N)nc(Nc2ccc(C)cc2)n1. The standard InChI is InChI=1S/C13H17N5O/c1-3-8-19-13-17-11(14)16-12(18-13)15-10-6-4-9(2)5-7-10/h4-7H,3,8H2,1-2H3,(H3,14,15,16,17,18). The van der Waals surface area contributed by atoms with Crippen LogP contribution in [-0.2, 0) is 0 Å². The van der Waals surface area contributed by atoms with Crippen molar-refractivity contribution < 1.29 is 4.74 Å². The van der Waals surface area contributed by atoms with Gasteiger partial charge in [0.1, 0.15) is 0 Å². The molecular formula is C13H17N5O. The topological polar surface area (TPSA) is 86.0 Å². The van der Waals surface area contributed by atoms with Crippen molar-refractivity contribution in [2.24, 2.45) is 0 Å². The van der Waals surface area contributed by atoms with Gasteiger partial charge in [0.15, 0.2) is 0 Å². The lowest BCUT2D eigenvalue weighted by atomic mass is 10.2. The number of aromatic nitrogens is 3. The molecule has 0 spiro atoms. The molecule has 6 nitrogen and oxygen atoms in total. The molecule has 0 aliphatic heterocycles. The molecule has 6 heteroatoms. The molecule has 2 rings (SSSR count). The van der Waals surface area contributed by atoms with Crippen LogP contribution in [-0.4, -0.2) is 21.6 Å². The Labute approximate surface area is 112 Å². The average Bonchev–Trinajstić information content (AvgIpc) is 2.38. The predicted octanol–water partition coefficient (Wildman–Crippen LogP) is 2.29. The van der Waals surface area contributed by atoms with E-state index in [1.807, 2.05) is 38.1 Å². The first-order valence-corrected chi connectivity index (χ1v) is 6.15. The van der Waals surface area contributed by atoms with E-state index >= 15 is 0 Å². The Morgan fingerprint density at radius 1 is 1.16 bits per heavy atom. The lowest BCUT2D eigenvalue weighted by Crippen LogP contribution is -2.07. The molecule has 0 saturated heterocycles. The minimum Gasteiger partial charge on any atom is -0.463 e. The van der Waals surface area contributed by atoms with Crippen LogP contribution in [0.1, 0.15) is 18.9 Å². The summed E-state index contributed by atoms with van der Waals surface area (Å²) in [7, 11) is 0. The lowest BCUT2D eigenvalue weighted by Gasteiger charge is -2.07. The van der Waals surface area contributed by atoms with E-state index in [1.54, 1.807) is 0 Å². The highest BCUT2D eigenvalue weighted by Crippen LogP contribution is 2.16. The minimum absolute atomic E-state index is 0.135. The Bertz CT molecular complexity index is 541. The minimum atomic E-state index is 0.135. The van der Waals surface area contributed by atoms with Crippen LogP contribution >= 0.6 is 0 Å². The maximum Gasteiger partial charge on any atom is 0.323 e. The fraction of sp³-hybridized carbons (Fsp3) is 0.308. The highest BCUT2D eigenvalue weighted by molar-refractivity contribution is 5.54. The number of hydrogen-bond acceptors (Lipinski definition) is 6. The first kappa shape index (κ1) is 13.1. The molecule has 0 aliphatic rings.